The molecular formula is C22H29N5O4. The molecule has 5 unspecified atom stereocenters. The Balaban J connectivity index is 1.61. The molecule has 0 saturated heterocycles. The molecule has 5 atom stereocenters. The Morgan fingerprint density at radius 1 is 1.23 bits per heavy atom. The van der Waals surface area contributed by atoms with E-state index in [1.165, 1.54) is 6.07 Å². The summed E-state index contributed by atoms with van der Waals surface area (Å²) in [4.78, 5) is 18.8. The maximum atomic E-state index is 12.4. The lowest BCUT2D eigenvalue weighted by Crippen LogP contribution is -2.44. The minimum absolute atomic E-state index is 0.0370. The van der Waals surface area contributed by atoms with E-state index in [9.17, 15) is 20.1 Å². The zero-order valence-corrected chi connectivity index (χ0v) is 17.5. The number of rotatable bonds is 2. The zero-order valence-electron chi connectivity index (χ0n) is 17.5. The number of aliphatic hydroxyl groups excluding tert-OH is 1. The number of hydrogen-bond acceptors (Lipinski definition) is 8. The van der Waals surface area contributed by atoms with Crippen molar-refractivity contribution in [3.63, 3.8) is 0 Å². The van der Waals surface area contributed by atoms with Gasteiger partial charge in [-0.2, -0.15) is 4.98 Å². The van der Waals surface area contributed by atoms with Crippen molar-refractivity contribution in [3.8, 4) is 11.5 Å². The van der Waals surface area contributed by atoms with Gasteiger partial charge in [0.05, 0.1) is 6.10 Å². The molecule has 3 aliphatic carbocycles. The highest BCUT2D eigenvalue weighted by Gasteiger charge is 2.55. The second-order valence-electron chi connectivity index (χ2n) is 9.57. The van der Waals surface area contributed by atoms with E-state index in [-0.39, 0.29) is 46.4 Å². The van der Waals surface area contributed by atoms with Gasteiger partial charge in [0.25, 0.3) is 5.56 Å². The maximum Gasteiger partial charge on any atom is 0.278 e. The first kappa shape index (κ1) is 20.0. The lowest BCUT2D eigenvalue weighted by molar-refractivity contribution is -0.0226. The van der Waals surface area contributed by atoms with Crippen LogP contribution in [0.5, 0.6) is 11.5 Å². The van der Waals surface area contributed by atoms with Gasteiger partial charge < -0.3 is 32.1 Å². The van der Waals surface area contributed by atoms with E-state index in [1.54, 1.807) is 0 Å². The molecule has 3 aliphatic rings. The highest BCUT2D eigenvalue weighted by atomic mass is 16.3. The van der Waals surface area contributed by atoms with Gasteiger partial charge in [0.1, 0.15) is 5.69 Å². The highest BCUT2D eigenvalue weighted by Crippen LogP contribution is 2.62. The van der Waals surface area contributed by atoms with Gasteiger partial charge in [-0.15, -0.1) is 0 Å². The molecule has 9 heteroatoms. The average molecular weight is 428 g/mol. The fraction of sp³-hybridized carbons (Fsp3) is 0.545. The van der Waals surface area contributed by atoms with Crippen LogP contribution in [0.2, 0.25) is 0 Å². The Bertz CT molecular complexity index is 1120. The molecule has 0 aliphatic heterocycles. The molecule has 2 fully saturated rings. The van der Waals surface area contributed by atoms with Gasteiger partial charge in [0, 0.05) is 17.3 Å². The number of fused-ring (bicyclic) bond motifs is 5. The number of aliphatic hydroxyl groups is 1. The van der Waals surface area contributed by atoms with Crippen LogP contribution in [-0.4, -0.2) is 31.4 Å². The van der Waals surface area contributed by atoms with Crippen LogP contribution in [0.15, 0.2) is 10.9 Å². The minimum Gasteiger partial charge on any atom is -0.504 e. The summed E-state index contributed by atoms with van der Waals surface area (Å²) in [6.45, 7) is 2.20. The van der Waals surface area contributed by atoms with Crippen molar-refractivity contribution in [3.05, 3.63) is 27.5 Å². The van der Waals surface area contributed by atoms with Crippen molar-refractivity contribution in [2.45, 2.75) is 57.5 Å². The Morgan fingerprint density at radius 3 is 2.74 bits per heavy atom. The van der Waals surface area contributed by atoms with Gasteiger partial charge in [-0.1, -0.05) is 6.92 Å². The van der Waals surface area contributed by atoms with Crippen LogP contribution in [0.4, 0.5) is 23.1 Å². The summed E-state index contributed by atoms with van der Waals surface area (Å²) in [5.41, 5.74) is 13.2. The number of anilines is 4. The standard InChI is InChI=1S/C22H29N5O4/c1-22-7-6-10-9(12(22)4-5-15(22)29)2-3-11-16(10)13(8-14(28)18(11)30)25-17-19(23)26-21(24)27-20(17)31/h8-10,12,15,25,28-30H,2-7H2,1H3,(H5,23,24,26,27,31). The van der Waals surface area contributed by atoms with Gasteiger partial charge in [0.15, 0.2) is 17.3 Å². The molecule has 1 heterocycles. The van der Waals surface area contributed by atoms with E-state index >= 15 is 0 Å². The third kappa shape index (κ3) is 2.86. The first-order valence-corrected chi connectivity index (χ1v) is 10.9. The molecular weight excluding hydrogens is 398 g/mol. The molecule has 0 spiro atoms. The molecule has 2 aromatic rings. The molecule has 1 aromatic carbocycles. The van der Waals surface area contributed by atoms with Gasteiger partial charge in [0.2, 0.25) is 5.95 Å². The Labute approximate surface area is 179 Å². The fourth-order valence-electron chi connectivity index (χ4n) is 6.60. The molecule has 5 rings (SSSR count). The summed E-state index contributed by atoms with van der Waals surface area (Å²) in [6, 6.07) is 1.45. The smallest absolute Gasteiger partial charge is 0.278 e. The number of nitrogens with two attached hydrogens (primary N) is 2. The van der Waals surface area contributed by atoms with E-state index < -0.39 is 5.56 Å². The molecule has 31 heavy (non-hydrogen) atoms. The van der Waals surface area contributed by atoms with Gasteiger partial charge in [-0.05, 0) is 67.3 Å². The van der Waals surface area contributed by atoms with Crippen LogP contribution < -0.4 is 22.3 Å². The predicted octanol–water partition coefficient (Wildman–Crippen LogP) is 2.31. The van der Waals surface area contributed by atoms with E-state index in [4.69, 9.17) is 11.5 Å². The molecule has 9 N–H and O–H groups in total. The Kier molecular flexibility index (Phi) is 4.37. The summed E-state index contributed by atoms with van der Waals surface area (Å²) in [7, 11) is 0. The maximum absolute atomic E-state index is 12.4. The van der Waals surface area contributed by atoms with Crippen molar-refractivity contribution < 1.29 is 15.3 Å². The van der Waals surface area contributed by atoms with E-state index in [0.717, 1.165) is 37.7 Å². The average Bonchev–Trinajstić information content (AvgIpc) is 3.02. The largest absolute Gasteiger partial charge is 0.504 e. The molecule has 2 saturated carbocycles. The first-order valence-electron chi connectivity index (χ1n) is 10.9. The third-order valence-corrected chi connectivity index (χ3v) is 8.14. The van der Waals surface area contributed by atoms with E-state index in [2.05, 4.69) is 22.2 Å². The van der Waals surface area contributed by atoms with Crippen LogP contribution in [0.1, 0.15) is 56.1 Å². The fourth-order valence-corrected chi connectivity index (χ4v) is 6.60. The zero-order chi connectivity index (χ0) is 22.1. The Hall–Kier alpha value is -2.94. The molecule has 166 valence electrons. The number of nitrogen functional groups attached to an aromatic ring is 2. The number of hydrogen-bond donors (Lipinski definition) is 7. The van der Waals surface area contributed by atoms with Crippen molar-refractivity contribution in [1.82, 2.24) is 9.97 Å². The molecule has 0 radical (unpaired) electrons. The number of nitrogens with zero attached hydrogens (tertiary/aromatic N) is 1. The number of aromatic nitrogens is 2. The van der Waals surface area contributed by atoms with Crippen molar-refractivity contribution in [1.29, 1.82) is 0 Å². The topological polar surface area (TPSA) is 171 Å². The second-order valence-corrected chi connectivity index (χ2v) is 9.57. The summed E-state index contributed by atoms with van der Waals surface area (Å²) in [6.07, 6.45) is 4.83. The minimum atomic E-state index is -0.506. The van der Waals surface area contributed by atoms with Crippen LogP contribution >= 0.6 is 0 Å². The first-order chi connectivity index (χ1) is 14.7. The van der Waals surface area contributed by atoms with E-state index in [1.807, 2.05) is 0 Å². The number of H-pyrrole nitrogens is 1. The van der Waals surface area contributed by atoms with Crippen LogP contribution in [0, 0.1) is 17.3 Å². The van der Waals surface area contributed by atoms with Gasteiger partial charge in [-0.3, -0.25) is 9.78 Å². The van der Waals surface area contributed by atoms with Crippen LogP contribution in [0.25, 0.3) is 0 Å². The van der Waals surface area contributed by atoms with E-state index in [0.29, 0.717) is 29.5 Å². The quantitative estimate of drug-likeness (QED) is 0.283. The summed E-state index contributed by atoms with van der Waals surface area (Å²) < 4.78 is 0. The second kappa shape index (κ2) is 6.78. The van der Waals surface area contributed by atoms with Gasteiger partial charge >= 0.3 is 0 Å². The molecule has 9 nitrogen and oxygen atoms in total. The summed E-state index contributed by atoms with van der Waals surface area (Å²) >= 11 is 0. The normalized spacial score (nSPS) is 31.5. The summed E-state index contributed by atoms with van der Waals surface area (Å²) in [5, 5.41) is 34.7. The predicted molar refractivity (Wildman–Crippen MR) is 117 cm³/mol. The summed E-state index contributed by atoms with van der Waals surface area (Å²) in [5.74, 6) is 0.479. The number of aromatic hydroxyl groups is 2. The number of phenolic OH excluding ortho intramolecular Hbond substituents is 2. The molecule has 1 aromatic heterocycles. The van der Waals surface area contributed by atoms with Gasteiger partial charge in [-0.25, -0.2) is 0 Å². The number of phenols is 2. The Morgan fingerprint density at radius 2 is 2.00 bits per heavy atom. The lowest BCUT2D eigenvalue weighted by Gasteiger charge is -2.50. The monoisotopic (exact) mass is 427 g/mol. The molecule has 0 amide bonds. The van der Waals surface area contributed by atoms with Crippen molar-refractivity contribution >= 4 is 23.1 Å². The number of aromatic amines is 1. The van der Waals surface area contributed by atoms with Crippen molar-refractivity contribution in [2.24, 2.45) is 17.3 Å². The van der Waals surface area contributed by atoms with Crippen molar-refractivity contribution in [2.75, 3.05) is 16.8 Å². The van der Waals surface area contributed by atoms with Crippen LogP contribution in [-0.2, 0) is 6.42 Å². The highest BCUT2D eigenvalue weighted by molar-refractivity contribution is 5.76. The molecule has 0 bridgehead atoms. The number of nitrogens with one attached hydrogen (secondary N) is 2. The third-order valence-electron chi connectivity index (χ3n) is 8.14. The lowest BCUT2D eigenvalue weighted by atomic mass is 9.55. The number of benzene rings is 1. The van der Waals surface area contributed by atoms with Crippen LogP contribution in [0.3, 0.4) is 0 Å². The SMILES string of the molecule is CC12CCC3c4c(Nc5c(N)nc(N)[nH]c5=O)cc(O)c(O)c4CCC3C1CCC2O.